The molecule has 0 unspecified atom stereocenters. The molecule has 0 aliphatic heterocycles. The maximum Gasteiger partial charge on any atom is 0.143 e. The van der Waals surface area contributed by atoms with Gasteiger partial charge in [0, 0.05) is 6.42 Å². The van der Waals surface area contributed by atoms with Crippen LogP contribution in [0.5, 0.6) is 0 Å². The van der Waals surface area contributed by atoms with E-state index in [1.807, 2.05) is 0 Å². The maximum atomic E-state index is 13.0. The number of Topliss-reactive ketones (excluding diaryl/α,β-unsaturated/α-hetero) is 1. The first-order valence-corrected chi connectivity index (χ1v) is 10.8. The van der Waals surface area contributed by atoms with Crippen LogP contribution in [0, 0.1) is 34.0 Å². The number of aliphatic hydroxyl groups is 1. The minimum Gasteiger partial charge on any atom is -0.393 e. The smallest absolute Gasteiger partial charge is 0.143 e. The lowest BCUT2D eigenvalue weighted by Crippen LogP contribution is -2.54. The van der Waals surface area contributed by atoms with Crippen LogP contribution in [0.2, 0.25) is 0 Å². The van der Waals surface area contributed by atoms with Crippen molar-refractivity contribution in [2.75, 3.05) is 0 Å². The van der Waals surface area contributed by atoms with Crippen molar-refractivity contribution in [1.82, 2.24) is 0 Å². The molecular weight excluding hydrogens is 308 g/mol. The number of aliphatic hydroxyl groups excluding tert-OH is 1. The first-order chi connectivity index (χ1) is 11.9. The number of hydrogen-bond acceptors (Lipinski definition) is 2. The van der Waals surface area contributed by atoms with E-state index in [1.54, 1.807) is 5.57 Å². The van der Waals surface area contributed by atoms with Gasteiger partial charge in [-0.15, -0.1) is 0 Å². The number of carbonyl (C=O) groups excluding carboxylic acids is 1. The Morgan fingerprint density at radius 2 is 1.76 bits per heavy atom. The minimum atomic E-state index is -0.0919. The largest absolute Gasteiger partial charge is 0.393 e. The molecule has 2 heteroatoms. The Bertz CT molecular complexity index is 628. The van der Waals surface area contributed by atoms with E-state index in [1.165, 1.54) is 32.1 Å². The summed E-state index contributed by atoms with van der Waals surface area (Å²) in [6.07, 6.45) is 14.9. The van der Waals surface area contributed by atoms with Crippen molar-refractivity contribution in [2.24, 2.45) is 34.0 Å². The van der Waals surface area contributed by atoms with Crippen molar-refractivity contribution in [1.29, 1.82) is 0 Å². The zero-order chi connectivity index (χ0) is 17.4. The van der Waals surface area contributed by atoms with E-state index in [2.05, 4.69) is 19.9 Å². The van der Waals surface area contributed by atoms with Gasteiger partial charge in [-0.1, -0.05) is 38.3 Å². The second kappa shape index (κ2) is 5.21. The molecule has 0 aromatic carbocycles. The van der Waals surface area contributed by atoms with Gasteiger partial charge in [0.1, 0.15) is 5.78 Å². The number of ketones is 1. The van der Waals surface area contributed by atoms with Crippen LogP contribution < -0.4 is 0 Å². The molecule has 25 heavy (non-hydrogen) atoms. The summed E-state index contributed by atoms with van der Waals surface area (Å²) in [4.78, 5) is 13.0. The van der Waals surface area contributed by atoms with Gasteiger partial charge in [-0.3, -0.25) is 4.79 Å². The van der Waals surface area contributed by atoms with E-state index >= 15 is 0 Å². The maximum absolute atomic E-state index is 13.0. The Balaban J connectivity index is 1.56. The highest BCUT2D eigenvalue weighted by Crippen LogP contribution is 2.68. The fourth-order valence-electron chi connectivity index (χ4n) is 8.42. The zero-order valence-corrected chi connectivity index (χ0v) is 16.0. The van der Waals surface area contributed by atoms with E-state index in [4.69, 9.17) is 0 Å². The first-order valence-electron chi connectivity index (χ1n) is 10.8. The molecule has 1 spiro atoms. The molecule has 4 saturated carbocycles. The van der Waals surface area contributed by atoms with Gasteiger partial charge < -0.3 is 5.11 Å². The highest BCUT2D eigenvalue weighted by molar-refractivity contribution is 5.90. The standard InChI is InChI=1S/C23H34O2/c1-21-14-10-20(25)23(11-3-4-12-23)18(21)7-5-15-16-6-8-19(24)22(16,2)13-9-17(15)21/h7,15-17,19,24H,3-6,8-14H2,1-2H3/t15-,16-,17-,19-,21+,22-/m0/s1. The van der Waals surface area contributed by atoms with Crippen molar-refractivity contribution >= 4 is 5.78 Å². The Kier molecular flexibility index (Phi) is 3.45. The normalized spacial score (nSPS) is 51.0. The monoisotopic (exact) mass is 342 g/mol. The van der Waals surface area contributed by atoms with Crippen LogP contribution >= 0.6 is 0 Å². The highest BCUT2D eigenvalue weighted by Gasteiger charge is 2.62. The van der Waals surface area contributed by atoms with E-state index < -0.39 is 0 Å². The summed E-state index contributed by atoms with van der Waals surface area (Å²) in [6.45, 7) is 4.87. The lowest BCUT2D eigenvalue weighted by Gasteiger charge is -2.60. The van der Waals surface area contributed by atoms with Gasteiger partial charge in [0.25, 0.3) is 0 Å². The Morgan fingerprint density at radius 3 is 2.52 bits per heavy atom. The highest BCUT2D eigenvalue weighted by atomic mass is 16.3. The molecule has 6 atom stereocenters. The van der Waals surface area contributed by atoms with E-state index in [-0.39, 0.29) is 22.3 Å². The summed E-state index contributed by atoms with van der Waals surface area (Å²) in [5.74, 6) is 2.72. The summed E-state index contributed by atoms with van der Waals surface area (Å²) < 4.78 is 0. The van der Waals surface area contributed by atoms with Crippen molar-refractivity contribution < 1.29 is 9.90 Å². The number of carbonyl (C=O) groups is 1. The molecule has 0 radical (unpaired) electrons. The molecule has 0 amide bonds. The van der Waals surface area contributed by atoms with Gasteiger partial charge in [-0.2, -0.15) is 0 Å². The van der Waals surface area contributed by atoms with Crippen molar-refractivity contribution in [2.45, 2.75) is 90.6 Å². The summed E-state index contributed by atoms with van der Waals surface area (Å²) in [5, 5.41) is 10.6. The Hall–Kier alpha value is -0.630. The van der Waals surface area contributed by atoms with E-state index in [9.17, 15) is 9.90 Å². The Morgan fingerprint density at radius 1 is 1.00 bits per heavy atom. The van der Waals surface area contributed by atoms with E-state index in [0.717, 1.165) is 50.4 Å². The molecule has 0 aromatic rings. The molecule has 2 nitrogen and oxygen atoms in total. The van der Waals surface area contributed by atoms with Gasteiger partial charge in [0.05, 0.1) is 11.5 Å². The average Bonchev–Trinajstić information content (AvgIpc) is 3.18. The minimum absolute atomic E-state index is 0.0755. The average molecular weight is 343 g/mol. The SMILES string of the molecule is C[C@]12CC[C@H]3[C@@H](CC=C4C5(CCCC5)C(=O)CC[C@@]43C)[C@@H]1CC[C@@H]2O. The third kappa shape index (κ3) is 1.93. The summed E-state index contributed by atoms with van der Waals surface area (Å²) in [5.41, 5.74) is 1.89. The topological polar surface area (TPSA) is 37.3 Å². The van der Waals surface area contributed by atoms with E-state index in [0.29, 0.717) is 11.7 Å². The molecule has 5 aliphatic carbocycles. The van der Waals surface area contributed by atoms with Gasteiger partial charge in [-0.05, 0) is 80.0 Å². The molecule has 0 aromatic heterocycles. The van der Waals surface area contributed by atoms with Gasteiger partial charge in [0.2, 0.25) is 0 Å². The lowest BCUT2D eigenvalue weighted by atomic mass is 9.44. The van der Waals surface area contributed by atoms with Crippen LogP contribution in [0.25, 0.3) is 0 Å². The quantitative estimate of drug-likeness (QED) is 0.626. The Labute approximate surface area is 152 Å². The summed E-state index contributed by atoms with van der Waals surface area (Å²) in [6, 6.07) is 0. The van der Waals surface area contributed by atoms with Crippen molar-refractivity contribution in [3.8, 4) is 0 Å². The predicted octanol–water partition coefficient (Wildman–Crippen LogP) is 5.05. The lowest BCUT2D eigenvalue weighted by molar-refractivity contribution is -0.134. The fourth-order valence-corrected chi connectivity index (χ4v) is 8.42. The number of allylic oxidation sites excluding steroid dienone is 2. The molecule has 0 saturated heterocycles. The van der Waals surface area contributed by atoms with Gasteiger partial charge >= 0.3 is 0 Å². The van der Waals surface area contributed by atoms with Crippen LogP contribution in [0.3, 0.4) is 0 Å². The number of fused-ring (bicyclic) bond motifs is 6. The number of rotatable bonds is 0. The fraction of sp³-hybridized carbons (Fsp3) is 0.870. The molecule has 0 heterocycles. The van der Waals surface area contributed by atoms with Gasteiger partial charge in [-0.25, -0.2) is 0 Å². The predicted molar refractivity (Wildman–Crippen MR) is 99.0 cm³/mol. The molecule has 138 valence electrons. The van der Waals surface area contributed by atoms with Crippen LogP contribution in [0.15, 0.2) is 11.6 Å². The second-order valence-electron chi connectivity index (χ2n) is 10.5. The molecule has 0 bridgehead atoms. The van der Waals surface area contributed by atoms with Crippen molar-refractivity contribution in [3.63, 3.8) is 0 Å². The third-order valence-corrected chi connectivity index (χ3v) is 9.79. The molecule has 4 fully saturated rings. The third-order valence-electron chi connectivity index (χ3n) is 9.79. The second-order valence-corrected chi connectivity index (χ2v) is 10.5. The van der Waals surface area contributed by atoms with Gasteiger partial charge in [0.15, 0.2) is 0 Å². The molecular formula is C23H34O2. The molecule has 1 N–H and O–H groups in total. The number of hydrogen-bond donors (Lipinski definition) is 1. The molecule has 5 aliphatic rings. The van der Waals surface area contributed by atoms with Crippen LogP contribution in [0.1, 0.15) is 84.5 Å². The summed E-state index contributed by atoms with van der Waals surface area (Å²) >= 11 is 0. The van der Waals surface area contributed by atoms with Crippen LogP contribution in [-0.4, -0.2) is 17.0 Å². The van der Waals surface area contributed by atoms with Crippen LogP contribution in [0.4, 0.5) is 0 Å². The zero-order valence-electron chi connectivity index (χ0n) is 16.0. The van der Waals surface area contributed by atoms with Crippen molar-refractivity contribution in [3.05, 3.63) is 11.6 Å². The summed E-state index contributed by atoms with van der Waals surface area (Å²) in [7, 11) is 0. The molecule has 5 rings (SSSR count). The van der Waals surface area contributed by atoms with Crippen LogP contribution in [-0.2, 0) is 4.79 Å². The first kappa shape index (κ1) is 16.5.